The van der Waals surface area contributed by atoms with Crippen molar-refractivity contribution in [3.05, 3.63) is 16.7 Å². The third-order valence-electron chi connectivity index (χ3n) is 1.51. The predicted molar refractivity (Wildman–Crippen MR) is 56.0 cm³/mol. The summed E-state index contributed by atoms with van der Waals surface area (Å²) in [7, 11) is -2.23. The van der Waals surface area contributed by atoms with E-state index in [2.05, 4.69) is 31.1 Å². The predicted octanol–water partition coefficient (Wildman–Crippen LogP) is 0.0378. The van der Waals surface area contributed by atoms with Crippen molar-refractivity contribution in [2.75, 3.05) is 12.5 Å². The second-order valence-corrected chi connectivity index (χ2v) is 5.12. The Hall–Kier alpha value is -0.700. The summed E-state index contributed by atoms with van der Waals surface area (Å²) in [5.74, 6) is 5.23. The summed E-state index contributed by atoms with van der Waals surface area (Å²) < 4.78 is 25.7. The number of hydrazine groups is 1. The van der Waals surface area contributed by atoms with Crippen LogP contribution in [0.2, 0.25) is 0 Å². The van der Waals surface area contributed by atoms with Gasteiger partial charge in [0.05, 0.1) is 0 Å². The molecule has 14 heavy (non-hydrogen) atoms. The molecule has 4 N–H and O–H groups in total. The third-order valence-corrected chi connectivity index (χ3v) is 3.38. The van der Waals surface area contributed by atoms with Crippen LogP contribution in [0.4, 0.5) is 5.82 Å². The summed E-state index contributed by atoms with van der Waals surface area (Å²) in [5.41, 5.74) is 2.21. The average Bonchev–Trinajstić information content (AvgIpc) is 2.18. The number of nitrogens with one attached hydrogen (secondary N) is 2. The molecule has 1 rings (SSSR count). The Morgan fingerprint density at radius 2 is 2.21 bits per heavy atom. The molecule has 0 atom stereocenters. The van der Waals surface area contributed by atoms with Crippen LogP contribution in [0.5, 0.6) is 0 Å². The number of nitrogen functional groups attached to an aromatic ring is 1. The number of pyridine rings is 1. The number of nitrogens with two attached hydrogens (primary N) is 1. The van der Waals surface area contributed by atoms with Gasteiger partial charge in [-0.15, -0.1) is 0 Å². The standard InChI is InChI=1S/C6H9BrN4O2S/c1-9-14(12,13)5-2-4(7)3-10-6(5)11-8/h2-3,9H,8H2,1H3,(H,10,11). The van der Waals surface area contributed by atoms with Crippen LogP contribution in [0.3, 0.4) is 0 Å². The summed E-state index contributed by atoms with van der Waals surface area (Å²) in [6.07, 6.45) is 1.45. The van der Waals surface area contributed by atoms with E-state index in [0.717, 1.165) is 0 Å². The lowest BCUT2D eigenvalue weighted by Crippen LogP contribution is -2.22. The Bertz CT molecular complexity index is 433. The minimum Gasteiger partial charge on any atom is -0.307 e. The van der Waals surface area contributed by atoms with Crippen LogP contribution < -0.4 is 16.0 Å². The molecule has 0 spiro atoms. The van der Waals surface area contributed by atoms with Gasteiger partial charge in [-0.25, -0.2) is 24.0 Å². The third kappa shape index (κ3) is 2.21. The fourth-order valence-electron chi connectivity index (χ4n) is 0.844. The molecule has 0 amide bonds. The lowest BCUT2D eigenvalue weighted by molar-refractivity contribution is 0.588. The first-order valence-corrected chi connectivity index (χ1v) is 5.84. The summed E-state index contributed by atoms with van der Waals surface area (Å²) in [6.45, 7) is 0. The van der Waals surface area contributed by atoms with Crippen molar-refractivity contribution in [2.24, 2.45) is 5.84 Å². The van der Waals surface area contributed by atoms with E-state index < -0.39 is 10.0 Å². The highest BCUT2D eigenvalue weighted by Gasteiger charge is 2.17. The van der Waals surface area contributed by atoms with Gasteiger partial charge in [0.2, 0.25) is 10.0 Å². The van der Waals surface area contributed by atoms with Crippen LogP contribution >= 0.6 is 15.9 Å². The second-order valence-electron chi connectivity index (χ2n) is 2.35. The summed E-state index contributed by atoms with van der Waals surface area (Å²) in [4.78, 5) is 3.81. The highest BCUT2D eigenvalue weighted by Crippen LogP contribution is 2.21. The van der Waals surface area contributed by atoms with Crippen LogP contribution in [-0.4, -0.2) is 20.4 Å². The molecule has 0 saturated heterocycles. The van der Waals surface area contributed by atoms with Crippen LogP contribution in [0.15, 0.2) is 21.6 Å². The first-order chi connectivity index (χ1) is 6.51. The maximum atomic E-state index is 11.5. The largest absolute Gasteiger partial charge is 0.307 e. The van der Waals surface area contributed by atoms with Gasteiger partial charge in [0.15, 0.2) is 5.82 Å². The number of hydrogen-bond donors (Lipinski definition) is 3. The number of sulfonamides is 1. The molecule has 6 nitrogen and oxygen atoms in total. The van der Waals surface area contributed by atoms with E-state index in [0.29, 0.717) is 4.47 Å². The molecule has 0 aliphatic rings. The molecule has 8 heteroatoms. The van der Waals surface area contributed by atoms with Crippen molar-refractivity contribution in [1.29, 1.82) is 0 Å². The van der Waals surface area contributed by atoms with Gasteiger partial charge < -0.3 is 5.43 Å². The van der Waals surface area contributed by atoms with Gasteiger partial charge in [-0.1, -0.05) is 0 Å². The Balaban J connectivity index is 3.39. The number of anilines is 1. The van der Waals surface area contributed by atoms with Gasteiger partial charge >= 0.3 is 0 Å². The average molecular weight is 281 g/mol. The maximum absolute atomic E-state index is 11.5. The summed E-state index contributed by atoms with van der Waals surface area (Å²) in [5, 5.41) is 0. The van der Waals surface area contributed by atoms with E-state index in [1.807, 2.05) is 0 Å². The molecule has 78 valence electrons. The van der Waals surface area contributed by atoms with Gasteiger partial charge in [-0.3, -0.25) is 0 Å². The number of halogens is 1. The Morgan fingerprint density at radius 1 is 1.57 bits per heavy atom. The summed E-state index contributed by atoms with van der Waals surface area (Å²) >= 11 is 3.12. The van der Waals surface area contributed by atoms with Crippen molar-refractivity contribution in [2.45, 2.75) is 4.90 Å². The Kier molecular flexibility index (Phi) is 3.43. The zero-order valence-electron chi connectivity index (χ0n) is 7.28. The first kappa shape index (κ1) is 11.4. The monoisotopic (exact) mass is 280 g/mol. The van der Waals surface area contributed by atoms with E-state index in [1.54, 1.807) is 0 Å². The lowest BCUT2D eigenvalue weighted by atomic mass is 10.5. The zero-order chi connectivity index (χ0) is 10.8. The molecule has 1 heterocycles. The Labute approximate surface area is 90.1 Å². The molecule has 0 saturated carbocycles. The SMILES string of the molecule is CNS(=O)(=O)c1cc(Br)cnc1NN. The molecule has 0 unspecified atom stereocenters. The highest BCUT2D eigenvalue weighted by atomic mass is 79.9. The van der Waals surface area contributed by atoms with Crippen molar-refractivity contribution >= 4 is 31.8 Å². The van der Waals surface area contributed by atoms with E-state index in [9.17, 15) is 8.42 Å². The minimum absolute atomic E-state index is 0.00289. The molecule has 1 aromatic heterocycles. The zero-order valence-corrected chi connectivity index (χ0v) is 9.68. The molecule has 0 aliphatic heterocycles. The fraction of sp³-hybridized carbons (Fsp3) is 0.167. The summed E-state index contributed by atoms with van der Waals surface area (Å²) in [6, 6.07) is 1.41. The van der Waals surface area contributed by atoms with Gasteiger partial charge in [-0.2, -0.15) is 0 Å². The molecular weight excluding hydrogens is 272 g/mol. The van der Waals surface area contributed by atoms with Gasteiger partial charge in [0.25, 0.3) is 0 Å². The van der Waals surface area contributed by atoms with Crippen LogP contribution in [0.25, 0.3) is 0 Å². The van der Waals surface area contributed by atoms with Crippen molar-refractivity contribution in [1.82, 2.24) is 9.71 Å². The highest BCUT2D eigenvalue weighted by molar-refractivity contribution is 9.10. The van der Waals surface area contributed by atoms with Crippen molar-refractivity contribution in [3.8, 4) is 0 Å². The normalized spacial score (nSPS) is 11.4. The maximum Gasteiger partial charge on any atom is 0.244 e. The molecule has 0 fully saturated rings. The number of rotatable bonds is 3. The van der Waals surface area contributed by atoms with Gasteiger partial charge in [0.1, 0.15) is 4.90 Å². The van der Waals surface area contributed by atoms with E-state index >= 15 is 0 Å². The minimum atomic E-state index is -3.55. The van der Waals surface area contributed by atoms with Crippen molar-refractivity contribution in [3.63, 3.8) is 0 Å². The molecule has 0 aliphatic carbocycles. The van der Waals surface area contributed by atoms with Crippen LogP contribution in [0.1, 0.15) is 0 Å². The Morgan fingerprint density at radius 3 is 2.71 bits per heavy atom. The van der Waals surface area contributed by atoms with Gasteiger partial charge in [0, 0.05) is 10.7 Å². The lowest BCUT2D eigenvalue weighted by Gasteiger charge is -2.07. The van der Waals surface area contributed by atoms with E-state index in [1.165, 1.54) is 19.3 Å². The number of aromatic nitrogens is 1. The molecule has 0 radical (unpaired) electrons. The van der Waals surface area contributed by atoms with Crippen LogP contribution in [0, 0.1) is 0 Å². The first-order valence-electron chi connectivity index (χ1n) is 3.57. The fourth-order valence-corrected chi connectivity index (χ4v) is 2.19. The van der Waals surface area contributed by atoms with E-state index in [-0.39, 0.29) is 10.7 Å². The molecule has 1 aromatic rings. The molecule has 0 bridgehead atoms. The molecule has 0 aromatic carbocycles. The van der Waals surface area contributed by atoms with Gasteiger partial charge in [-0.05, 0) is 29.0 Å². The second kappa shape index (κ2) is 4.22. The number of hydrogen-bond acceptors (Lipinski definition) is 5. The molecular formula is C6H9BrN4O2S. The quantitative estimate of drug-likeness (QED) is 0.537. The van der Waals surface area contributed by atoms with E-state index in [4.69, 9.17) is 5.84 Å². The van der Waals surface area contributed by atoms with Crippen molar-refractivity contribution < 1.29 is 8.42 Å². The number of nitrogens with zero attached hydrogens (tertiary/aromatic N) is 1. The smallest absolute Gasteiger partial charge is 0.244 e. The van der Waals surface area contributed by atoms with Crippen LogP contribution in [-0.2, 0) is 10.0 Å². The topological polar surface area (TPSA) is 97.1 Å².